The minimum Gasteiger partial charge on any atom is -0.352 e. The highest BCUT2D eigenvalue weighted by Gasteiger charge is 2.46. The van der Waals surface area contributed by atoms with E-state index in [0.717, 1.165) is 24.8 Å². The third-order valence-electron chi connectivity index (χ3n) is 4.59. The highest BCUT2D eigenvalue weighted by molar-refractivity contribution is 7.91. The van der Waals surface area contributed by atoms with Crippen LogP contribution >= 0.6 is 11.6 Å². The first-order valence-electron chi connectivity index (χ1n) is 7.19. The number of halogens is 1. The van der Waals surface area contributed by atoms with Gasteiger partial charge in [-0.2, -0.15) is 0 Å². The van der Waals surface area contributed by atoms with Crippen molar-refractivity contribution in [2.24, 2.45) is 0 Å². The maximum absolute atomic E-state index is 12.7. The third kappa shape index (κ3) is 2.81. The van der Waals surface area contributed by atoms with Gasteiger partial charge in [0.1, 0.15) is 0 Å². The zero-order valence-corrected chi connectivity index (χ0v) is 13.2. The van der Waals surface area contributed by atoms with Crippen LogP contribution in [-0.4, -0.2) is 31.9 Å². The van der Waals surface area contributed by atoms with Crippen LogP contribution in [0.3, 0.4) is 0 Å². The Hall–Kier alpha value is -1.07. The highest BCUT2D eigenvalue weighted by atomic mass is 35.5. The van der Waals surface area contributed by atoms with Gasteiger partial charge in [0.15, 0.2) is 9.84 Å². The van der Waals surface area contributed by atoms with Crippen molar-refractivity contribution in [2.45, 2.75) is 37.1 Å². The second-order valence-corrected chi connectivity index (χ2v) is 8.68. The van der Waals surface area contributed by atoms with Crippen molar-refractivity contribution in [3.05, 3.63) is 34.9 Å². The summed E-state index contributed by atoms with van der Waals surface area (Å²) in [5, 5.41) is 3.55. The Morgan fingerprint density at radius 3 is 2.62 bits per heavy atom. The first kappa shape index (κ1) is 14.9. The van der Waals surface area contributed by atoms with Gasteiger partial charge in [-0.15, -0.1) is 0 Å². The average Bonchev–Trinajstić information content (AvgIpc) is 2.67. The minimum absolute atomic E-state index is 0.0573. The number of carbonyl (C=O) groups excluding carboxylic acids is 1. The smallest absolute Gasteiger partial charge is 0.230 e. The number of nitrogens with one attached hydrogen (secondary N) is 1. The standard InChI is InChI=1S/C15H18ClNO3S/c16-12-4-1-3-11(9-12)15(6-2-7-15)14(18)17-13-5-8-21(19,20)10-13/h1,3-4,9,13H,2,5-8,10H2,(H,17,18)/t13-/m0/s1. The summed E-state index contributed by atoms with van der Waals surface area (Å²) in [6.45, 7) is 0. The summed E-state index contributed by atoms with van der Waals surface area (Å²) in [5.74, 6) is 0.171. The molecule has 1 heterocycles. The molecule has 1 saturated carbocycles. The molecule has 1 aromatic carbocycles. The summed E-state index contributed by atoms with van der Waals surface area (Å²) in [7, 11) is -2.98. The Morgan fingerprint density at radius 2 is 2.10 bits per heavy atom. The first-order valence-corrected chi connectivity index (χ1v) is 9.39. The van der Waals surface area contributed by atoms with E-state index in [2.05, 4.69) is 5.32 Å². The van der Waals surface area contributed by atoms with Gasteiger partial charge in [0.05, 0.1) is 16.9 Å². The van der Waals surface area contributed by atoms with Gasteiger partial charge >= 0.3 is 0 Å². The van der Waals surface area contributed by atoms with Crippen LogP contribution in [0.4, 0.5) is 0 Å². The average molecular weight is 328 g/mol. The summed E-state index contributed by atoms with van der Waals surface area (Å²) in [6, 6.07) is 7.16. The molecule has 1 aliphatic carbocycles. The SMILES string of the molecule is O=C(N[C@H]1CCS(=O)(=O)C1)C1(c2cccc(Cl)c2)CCC1. The number of benzene rings is 1. The molecule has 0 aromatic heterocycles. The molecule has 114 valence electrons. The van der Waals surface area contributed by atoms with E-state index in [4.69, 9.17) is 11.6 Å². The van der Waals surface area contributed by atoms with Gasteiger partial charge in [-0.3, -0.25) is 4.79 Å². The fraction of sp³-hybridized carbons (Fsp3) is 0.533. The summed E-state index contributed by atoms with van der Waals surface area (Å²) in [5.41, 5.74) is 0.400. The number of amides is 1. The molecule has 2 aliphatic rings. The molecule has 2 fully saturated rings. The lowest BCUT2D eigenvalue weighted by Crippen LogP contribution is -2.52. The van der Waals surface area contributed by atoms with Crippen LogP contribution in [0.5, 0.6) is 0 Å². The molecule has 0 radical (unpaired) electrons. The van der Waals surface area contributed by atoms with Crippen molar-refractivity contribution in [2.75, 3.05) is 11.5 Å². The quantitative estimate of drug-likeness (QED) is 0.924. The predicted octanol–water partition coefficient (Wildman–Crippen LogP) is 2.07. The summed E-state index contributed by atoms with van der Waals surface area (Å²) in [4.78, 5) is 12.7. The van der Waals surface area contributed by atoms with Gasteiger partial charge < -0.3 is 5.32 Å². The molecule has 3 rings (SSSR count). The number of rotatable bonds is 3. The molecule has 0 unspecified atom stereocenters. The molecule has 0 spiro atoms. The summed E-state index contributed by atoms with van der Waals surface area (Å²) >= 11 is 6.03. The fourth-order valence-corrected chi connectivity index (χ4v) is 5.06. The number of hydrogen-bond donors (Lipinski definition) is 1. The van der Waals surface area contributed by atoms with Crippen LogP contribution in [0.25, 0.3) is 0 Å². The zero-order chi connectivity index (χ0) is 15.1. The summed E-state index contributed by atoms with van der Waals surface area (Å²) in [6.07, 6.45) is 3.10. The Balaban J connectivity index is 1.78. The van der Waals surface area contributed by atoms with Crippen LogP contribution in [0.15, 0.2) is 24.3 Å². The van der Waals surface area contributed by atoms with Crippen molar-refractivity contribution in [1.82, 2.24) is 5.32 Å². The van der Waals surface area contributed by atoms with E-state index in [1.165, 1.54) is 0 Å². The Kier molecular flexibility index (Phi) is 3.74. The molecule has 1 aliphatic heterocycles. The number of carbonyl (C=O) groups is 1. The van der Waals surface area contributed by atoms with Crippen molar-refractivity contribution in [3.8, 4) is 0 Å². The molecule has 1 atom stereocenters. The molecular formula is C15H18ClNO3S. The molecule has 1 N–H and O–H groups in total. The maximum Gasteiger partial charge on any atom is 0.230 e. The van der Waals surface area contributed by atoms with Crippen molar-refractivity contribution < 1.29 is 13.2 Å². The van der Waals surface area contributed by atoms with E-state index in [1.807, 2.05) is 18.2 Å². The van der Waals surface area contributed by atoms with E-state index in [-0.39, 0.29) is 23.5 Å². The van der Waals surface area contributed by atoms with Crippen LogP contribution < -0.4 is 5.32 Å². The van der Waals surface area contributed by atoms with Gasteiger partial charge in [-0.1, -0.05) is 30.2 Å². The molecule has 4 nitrogen and oxygen atoms in total. The lowest BCUT2D eigenvalue weighted by Gasteiger charge is -2.41. The van der Waals surface area contributed by atoms with E-state index in [9.17, 15) is 13.2 Å². The second kappa shape index (κ2) is 5.29. The van der Waals surface area contributed by atoms with Crippen LogP contribution in [0.2, 0.25) is 5.02 Å². The number of sulfone groups is 1. The lowest BCUT2D eigenvalue weighted by molar-refractivity contribution is -0.130. The molecule has 21 heavy (non-hydrogen) atoms. The fourth-order valence-electron chi connectivity index (χ4n) is 3.20. The van der Waals surface area contributed by atoms with E-state index in [1.54, 1.807) is 6.07 Å². The predicted molar refractivity (Wildman–Crippen MR) is 82.2 cm³/mol. The molecule has 1 saturated heterocycles. The van der Waals surface area contributed by atoms with Crippen LogP contribution in [-0.2, 0) is 20.0 Å². The van der Waals surface area contributed by atoms with Gasteiger partial charge in [0.2, 0.25) is 5.91 Å². The van der Waals surface area contributed by atoms with Gasteiger partial charge in [-0.25, -0.2) is 8.42 Å². The third-order valence-corrected chi connectivity index (χ3v) is 6.59. The molecule has 6 heteroatoms. The Morgan fingerprint density at radius 1 is 1.33 bits per heavy atom. The minimum atomic E-state index is -2.98. The summed E-state index contributed by atoms with van der Waals surface area (Å²) < 4.78 is 23.0. The second-order valence-electron chi connectivity index (χ2n) is 6.02. The van der Waals surface area contributed by atoms with E-state index in [0.29, 0.717) is 11.4 Å². The lowest BCUT2D eigenvalue weighted by atomic mass is 9.63. The zero-order valence-electron chi connectivity index (χ0n) is 11.6. The molecule has 1 aromatic rings. The van der Waals surface area contributed by atoms with Crippen molar-refractivity contribution in [3.63, 3.8) is 0 Å². The van der Waals surface area contributed by atoms with E-state index >= 15 is 0 Å². The van der Waals surface area contributed by atoms with Gasteiger partial charge in [-0.05, 0) is 37.0 Å². The maximum atomic E-state index is 12.7. The molecular weight excluding hydrogens is 310 g/mol. The van der Waals surface area contributed by atoms with Gasteiger partial charge in [0, 0.05) is 11.1 Å². The number of hydrogen-bond acceptors (Lipinski definition) is 3. The van der Waals surface area contributed by atoms with Gasteiger partial charge in [0.25, 0.3) is 0 Å². The van der Waals surface area contributed by atoms with Crippen molar-refractivity contribution >= 4 is 27.3 Å². The Labute approximate surface area is 129 Å². The van der Waals surface area contributed by atoms with Crippen LogP contribution in [0, 0.1) is 0 Å². The highest BCUT2D eigenvalue weighted by Crippen LogP contribution is 2.44. The topological polar surface area (TPSA) is 63.2 Å². The molecule has 1 amide bonds. The van der Waals surface area contributed by atoms with E-state index < -0.39 is 15.3 Å². The monoisotopic (exact) mass is 327 g/mol. The largest absolute Gasteiger partial charge is 0.352 e. The van der Waals surface area contributed by atoms with Crippen LogP contribution in [0.1, 0.15) is 31.2 Å². The first-order chi connectivity index (χ1) is 9.91. The molecule has 0 bridgehead atoms. The Bertz CT molecular complexity index is 667. The van der Waals surface area contributed by atoms with Crippen molar-refractivity contribution in [1.29, 1.82) is 0 Å². The normalized spacial score (nSPS) is 26.0.